The van der Waals surface area contributed by atoms with E-state index >= 15 is 0 Å². The Hall–Kier alpha value is -2.96. The Morgan fingerprint density at radius 3 is 1.96 bits per heavy atom. The lowest BCUT2D eigenvalue weighted by Crippen LogP contribution is -2.17. The van der Waals surface area contributed by atoms with Crippen molar-refractivity contribution in [2.45, 2.75) is 46.8 Å². The van der Waals surface area contributed by atoms with E-state index in [0.29, 0.717) is 17.4 Å². The van der Waals surface area contributed by atoms with Crippen LogP contribution in [0.1, 0.15) is 34.6 Å². The minimum absolute atomic E-state index is 0.197. The molecule has 0 aliphatic heterocycles. The molecule has 0 aliphatic carbocycles. The molecule has 2 aromatic rings. The van der Waals surface area contributed by atoms with Gasteiger partial charge in [0.05, 0.1) is 18.8 Å². The largest absolute Gasteiger partial charge is 0.514 e. The smallest absolute Gasteiger partial charge is 0.490 e. The summed E-state index contributed by atoms with van der Waals surface area (Å²) < 4.78 is 26.4. The second kappa shape index (κ2) is 9.12. The van der Waals surface area contributed by atoms with Crippen LogP contribution >= 0.6 is 0 Å². The van der Waals surface area contributed by atoms with Gasteiger partial charge in [0.15, 0.2) is 11.5 Å². The van der Waals surface area contributed by atoms with Gasteiger partial charge in [-0.2, -0.15) is 0 Å². The zero-order chi connectivity index (χ0) is 20.0. The van der Waals surface area contributed by atoms with Gasteiger partial charge in [0.2, 0.25) is 0 Å². The van der Waals surface area contributed by atoms with Crippen LogP contribution in [0.25, 0.3) is 10.8 Å². The van der Waals surface area contributed by atoms with Crippen molar-refractivity contribution in [2.75, 3.05) is 6.61 Å². The minimum atomic E-state index is -0.844. The summed E-state index contributed by atoms with van der Waals surface area (Å²) in [6.07, 6.45) is -2.31. The maximum Gasteiger partial charge on any atom is 0.514 e. The molecule has 0 fully saturated rings. The van der Waals surface area contributed by atoms with Gasteiger partial charge in [0.25, 0.3) is 0 Å². The van der Waals surface area contributed by atoms with Crippen molar-refractivity contribution < 1.29 is 33.3 Å². The fourth-order valence-electron chi connectivity index (χ4n) is 2.35. The molecule has 0 atom stereocenters. The minimum Gasteiger partial charge on any atom is -0.490 e. The molecule has 0 aromatic heterocycles. The van der Waals surface area contributed by atoms with Crippen LogP contribution < -0.4 is 14.2 Å². The van der Waals surface area contributed by atoms with Gasteiger partial charge in [0.1, 0.15) is 5.75 Å². The molecule has 0 bridgehead atoms. The van der Waals surface area contributed by atoms with Crippen LogP contribution in [-0.4, -0.2) is 31.1 Å². The molecule has 0 aliphatic rings. The van der Waals surface area contributed by atoms with E-state index in [1.54, 1.807) is 58.9 Å². The van der Waals surface area contributed by atoms with E-state index in [1.807, 2.05) is 0 Å². The Morgan fingerprint density at radius 2 is 1.41 bits per heavy atom. The molecule has 146 valence electrons. The number of rotatable bonds is 6. The van der Waals surface area contributed by atoms with E-state index in [-0.39, 0.29) is 29.5 Å². The Balaban J connectivity index is 2.49. The van der Waals surface area contributed by atoms with Gasteiger partial charge in [-0.05, 0) is 34.6 Å². The molecule has 2 rings (SSSR count). The maximum atomic E-state index is 12.0. The first-order valence-corrected chi connectivity index (χ1v) is 8.77. The molecule has 7 nitrogen and oxygen atoms in total. The van der Waals surface area contributed by atoms with Crippen molar-refractivity contribution >= 4 is 23.1 Å². The summed E-state index contributed by atoms with van der Waals surface area (Å²) in [6.45, 7) is 9.01. The molecule has 0 saturated carbocycles. The van der Waals surface area contributed by atoms with Gasteiger partial charge < -0.3 is 23.7 Å². The monoisotopic (exact) mass is 376 g/mol. The van der Waals surface area contributed by atoms with Gasteiger partial charge in [0, 0.05) is 16.8 Å². The molecule has 0 spiro atoms. The van der Waals surface area contributed by atoms with Crippen LogP contribution in [0, 0.1) is 0 Å². The van der Waals surface area contributed by atoms with Crippen molar-refractivity contribution in [3.63, 3.8) is 0 Å². The number of hydrogen-bond donors (Lipinski definition) is 0. The van der Waals surface area contributed by atoms with Crippen molar-refractivity contribution in [1.82, 2.24) is 0 Å². The number of ether oxygens (including phenoxy) is 5. The second-order valence-corrected chi connectivity index (χ2v) is 6.22. The molecule has 0 N–H and O–H groups in total. The summed E-state index contributed by atoms with van der Waals surface area (Å²) in [5, 5.41) is 1.10. The lowest BCUT2D eigenvalue weighted by molar-refractivity contribution is 0.0704. The van der Waals surface area contributed by atoms with Gasteiger partial charge in [-0.15, -0.1) is 0 Å². The van der Waals surface area contributed by atoms with E-state index in [9.17, 15) is 9.59 Å². The van der Waals surface area contributed by atoms with E-state index in [0.717, 1.165) is 0 Å². The lowest BCUT2D eigenvalue weighted by Gasteiger charge is -2.17. The predicted octanol–water partition coefficient (Wildman–Crippen LogP) is 5.09. The van der Waals surface area contributed by atoms with Crippen LogP contribution in [0.15, 0.2) is 30.3 Å². The molecule has 27 heavy (non-hydrogen) atoms. The first-order valence-electron chi connectivity index (χ1n) is 8.77. The highest BCUT2D eigenvalue weighted by molar-refractivity contribution is 5.97. The molecule has 0 saturated heterocycles. The average Bonchev–Trinajstić information content (AvgIpc) is 2.57. The van der Waals surface area contributed by atoms with Crippen LogP contribution in [-0.2, 0) is 9.47 Å². The summed E-state index contributed by atoms with van der Waals surface area (Å²) in [7, 11) is 0. The third kappa shape index (κ3) is 5.51. The maximum absolute atomic E-state index is 12.0. The first kappa shape index (κ1) is 20.4. The molecule has 2 aromatic carbocycles. The lowest BCUT2D eigenvalue weighted by atomic mass is 10.1. The van der Waals surface area contributed by atoms with Gasteiger partial charge in [-0.25, -0.2) is 9.59 Å². The summed E-state index contributed by atoms with van der Waals surface area (Å²) in [5.41, 5.74) is 0. The normalized spacial score (nSPS) is 10.8. The van der Waals surface area contributed by atoms with Crippen LogP contribution in [0.5, 0.6) is 17.2 Å². The predicted molar refractivity (Wildman–Crippen MR) is 99.6 cm³/mol. The topological polar surface area (TPSA) is 80.3 Å². The van der Waals surface area contributed by atoms with Crippen molar-refractivity contribution in [3.8, 4) is 17.2 Å². The molecular weight excluding hydrogens is 352 g/mol. The standard InChI is InChI=1S/C20H24O7/c1-6-23-17-11-16(26-19(21)24-12(2)3)14-9-7-8-10-15(14)18(17)27-20(22)25-13(4)5/h7-13H,6H2,1-5H3. The highest BCUT2D eigenvalue weighted by atomic mass is 16.7. The molecule has 0 unspecified atom stereocenters. The highest BCUT2D eigenvalue weighted by Crippen LogP contribution is 2.42. The third-order valence-corrected chi connectivity index (χ3v) is 3.27. The van der Waals surface area contributed by atoms with Gasteiger partial charge in [-0.3, -0.25) is 0 Å². The second-order valence-electron chi connectivity index (χ2n) is 6.22. The fraction of sp³-hybridized carbons (Fsp3) is 0.400. The number of hydrogen-bond acceptors (Lipinski definition) is 7. The molecule has 0 radical (unpaired) electrons. The highest BCUT2D eigenvalue weighted by Gasteiger charge is 2.21. The molecule has 0 amide bonds. The zero-order valence-electron chi connectivity index (χ0n) is 16.1. The average molecular weight is 376 g/mol. The van der Waals surface area contributed by atoms with Crippen molar-refractivity contribution in [2.24, 2.45) is 0 Å². The van der Waals surface area contributed by atoms with Crippen molar-refractivity contribution in [1.29, 1.82) is 0 Å². The summed E-state index contributed by atoms with van der Waals surface area (Å²) in [6, 6.07) is 8.51. The van der Waals surface area contributed by atoms with Gasteiger partial charge in [-0.1, -0.05) is 24.3 Å². The summed E-state index contributed by atoms with van der Waals surface area (Å²) in [4.78, 5) is 23.9. The first-order chi connectivity index (χ1) is 12.8. The Kier molecular flexibility index (Phi) is 6.87. The number of carbonyl (C=O) groups is 2. The Bertz CT molecular complexity index is 811. The van der Waals surface area contributed by atoms with E-state index in [2.05, 4.69) is 0 Å². The van der Waals surface area contributed by atoms with Crippen LogP contribution in [0.4, 0.5) is 9.59 Å². The van der Waals surface area contributed by atoms with Crippen LogP contribution in [0.2, 0.25) is 0 Å². The van der Waals surface area contributed by atoms with Gasteiger partial charge >= 0.3 is 12.3 Å². The Morgan fingerprint density at radius 1 is 0.852 bits per heavy atom. The van der Waals surface area contributed by atoms with Crippen molar-refractivity contribution in [3.05, 3.63) is 30.3 Å². The summed E-state index contributed by atoms with van der Waals surface area (Å²) in [5.74, 6) is 0.691. The Labute approximate surface area is 158 Å². The third-order valence-electron chi connectivity index (χ3n) is 3.27. The molecular formula is C20H24O7. The zero-order valence-corrected chi connectivity index (χ0v) is 16.1. The quantitative estimate of drug-likeness (QED) is 0.513. The SMILES string of the molecule is CCOc1cc(OC(=O)OC(C)C)c2ccccc2c1OC(=O)OC(C)C. The number of carbonyl (C=O) groups excluding carboxylic acids is 2. The van der Waals surface area contributed by atoms with E-state index < -0.39 is 12.3 Å². The number of fused-ring (bicyclic) bond motifs is 1. The number of benzene rings is 2. The van der Waals surface area contributed by atoms with E-state index in [4.69, 9.17) is 23.7 Å². The molecule has 7 heteroatoms. The van der Waals surface area contributed by atoms with Crippen LogP contribution in [0.3, 0.4) is 0 Å². The summed E-state index contributed by atoms with van der Waals surface area (Å²) >= 11 is 0. The molecule has 0 heterocycles. The van der Waals surface area contributed by atoms with E-state index in [1.165, 1.54) is 6.07 Å². The fourth-order valence-corrected chi connectivity index (χ4v) is 2.35.